The van der Waals surface area contributed by atoms with Gasteiger partial charge in [0.05, 0.1) is 17.2 Å². The molecule has 0 saturated carbocycles. The van der Waals surface area contributed by atoms with Crippen molar-refractivity contribution >= 4 is 49.3 Å². The van der Waals surface area contributed by atoms with E-state index in [1.54, 1.807) is 6.08 Å². The fourth-order valence-corrected chi connectivity index (χ4v) is 4.92. The highest BCUT2D eigenvalue weighted by atomic mass is 32.2. The maximum absolute atomic E-state index is 12.6. The minimum Gasteiger partial charge on any atom is -0.293 e. The Balaban J connectivity index is 1.91. The van der Waals surface area contributed by atoms with Crippen LogP contribution in [0.4, 0.5) is 11.9 Å². The average Bonchev–Trinajstić information content (AvgIpc) is 3.58. The van der Waals surface area contributed by atoms with E-state index in [0.717, 1.165) is 6.26 Å². The normalized spacial score (nSPS) is 12.6. The lowest BCUT2D eigenvalue weighted by Crippen LogP contribution is -2.22. The first-order valence-corrected chi connectivity index (χ1v) is 15.5. The molecule has 4 heterocycles. The number of nitrogens with zero attached hydrogens (tertiary/aromatic N) is 7. The molecule has 0 aliphatic carbocycles. The third-order valence-electron chi connectivity index (χ3n) is 5.49. The molecule has 216 valence electrons. The van der Waals surface area contributed by atoms with Gasteiger partial charge >= 0.3 is 10.0 Å². The molecule has 0 atom stereocenters. The van der Waals surface area contributed by atoms with Crippen molar-refractivity contribution in [3.8, 4) is 47.2 Å². The number of hydrogen-bond donors (Lipinski definition) is 3. The number of aromatic amines is 1. The minimum absolute atomic E-state index is 0.0547. The lowest BCUT2D eigenvalue weighted by atomic mass is 9.88. The van der Waals surface area contributed by atoms with Crippen molar-refractivity contribution in [2.45, 2.75) is 52.4 Å². The highest BCUT2D eigenvalue weighted by molar-refractivity contribution is 7.97. The number of sulfonamides is 2. The first kappa shape index (κ1) is 29.9. The molecule has 42 heavy (non-hydrogen) atoms. The van der Waals surface area contributed by atoms with Crippen LogP contribution in [0.15, 0.2) is 0 Å². The van der Waals surface area contributed by atoms with E-state index in [1.165, 1.54) is 9.03 Å². The second kappa shape index (κ2) is 10.4. The average molecular weight is 607 g/mol. The van der Waals surface area contributed by atoms with Gasteiger partial charge in [-0.1, -0.05) is 41.5 Å². The van der Waals surface area contributed by atoms with Gasteiger partial charge < -0.3 is 0 Å². The highest BCUT2D eigenvalue weighted by Gasteiger charge is 2.29. The number of hydrogen-bond acceptors (Lipinski definition) is 9. The fraction of sp³-hybridized carbons (Fsp3) is 0.346. The second-order valence-electron chi connectivity index (χ2n) is 11.1. The van der Waals surface area contributed by atoms with Crippen LogP contribution in [-0.4, -0.2) is 62.7 Å². The van der Waals surface area contributed by atoms with Crippen LogP contribution in [0.25, 0.3) is 17.4 Å². The Morgan fingerprint density at radius 3 is 2.07 bits per heavy atom. The molecule has 16 heteroatoms. The second-order valence-corrected chi connectivity index (χ2v) is 14.3. The molecule has 0 aromatic carbocycles. The lowest BCUT2D eigenvalue weighted by Gasteiger charge is -2.18. The zero-order valence-corrected chi connectivity index (χ0v) is 25.4. The number of anilines is 2. The first-order chi connectivity index (χ1) is 19.4. The van der Waals surface area contributed by atoms with Crippen LogP contribution in [0.5, 0.6) is 0 Å². The number of fused-ring (bicyclic) bond motifs is 2. The largest absolute Gasteiger partial charge is 0.305 e. The predicted molar refractivity (Wildman–Crippen MR) is 157 cm³/mol. The molecule has 0 amide bonds. The molecule has 0 bridgehead atoms. The Labute approximate surface area is 242 Å². The maximum Gasteiger partial charge on any atom is 0.305 e. The summed E-state index contributed by atoms with van der Waals surface area (Å²) in [7, 11) is -7.83. The lowest BCUT2D eigenvalue weighted by molar-refractivity contribution is 0.558. The molecule has 4 aromatic rings. The molecule has 4 aromatic heterocycles. The van der Waals surface area contributed by atoms with Crippen molar-refractivity contribution < 1.29 is 16.8 Å². The maximum atomic E-state index is 12.6. The standard InChI is InChI=1S/C26H26N10O4S2/c1-9-10-11-12-13-14-15-42(39,40)34-24-30-28-22-18(20(26(5,6)7)32-36(22)24)16-17-19(25(2,3)4)31-35-21(17)27-29-23(35)33-41(8,37)38/h1,16,32H,2-8H3,(H,29,33)(H,30,34). The molecule has 14 nitrogen and oxygen atoms in total. The minimum atomic E-state index is -4.19. The summed E-state index contributed by atoms with van der Waals surface area (Å²) < 4.78 is 56.2. The van der Waals surface area contributed by atoms with Gasteiger partial charge in [-0.05, 0) is 29.8 Å². The van der Waals surface area contributed by atoms with Crippen LogP contribution in [0.1, 0.15) is 58.5 Å². The van der Waals surface area contributed by atoms with Gasteiger partial charge in [0.1, 0.15) is 0 Å². The van der Waals surface area contributed by atoms with E-state index in [4.69, 9.17) is 6.42 Å². The van der Waals surface area contributed by atoms with Gasteiger partial charge in [-0.2, -0.15) is 18.0 Å². The van der Waals surface area contributed by atoms with Crippen LogP contribution in [-0.2, 0) is 30.9 Å². The highest BCUT2D eigenvalue weighted by Crippen LogP contribution is 2.30. The Morgan fingerprint density at radius 2 is 1.45 bits per heavy atom. The Hall–Kier alpha value is -5.03. The summed E-state index contributed by atoms with van der Waals surface area (Å²) in [4.78, 5) is 0. The Kier molecular flexibility index (Phi) is 7.43. The van der Waals surface area contributed by atoms with Crippen molar-refractivity contribution in [2.24, 2.45) is 0 Å². The smallest absolute Gasteiger partial charge is 0.293 e. The van der Waals surface area contributed by atoms with E-state index >= 15 is 0 Å². The molecular weight excluding hydrogens is 580 g/mol. The summed E-state index contributed by atoms with van der Waals surface area (Å²) in [6, 6.07) is 0. The zero-order chi connectivity index (χ0) is 31.1. The van der Waals surface area contributed by atoms with E-state index in [2.05, 4.69) is 75.6 Å². The molecule has 3 N–H and O–H groups in total. The Bertz CT molecular complexity index is 2240. The van der Waals surface area contributed by atoms with Gasteiger partial charge in [0.2, 0.25) is 10.0 Å². The van der Waals surface area contributed by atoms with E-state index < -0.39 is 30.9 Å². The third kappa shape index (κ3) is 6.31. The first-order valence-electron chi connectivity index (χ1n) is 12.1. The molecule has 0 fully saturated rings. The number of nitrogens with one attached hydrogen (secondary N) is 3. The van der Waals surface area contributed by atoms with Gasteiger partial charge in [-0.3, -0.25) is 5.10 Å². The van der Waals surface area contributed by atoms with Gasteiger partial charge in [0.15, 0.2) is 11.3 Å². The third-order valence-corrected chi connectivity index (χ3v) is 6.87. The van der Waals surface area contributed by atoms with Crippen LogP contribution >= 0.6 is 0 Å². The molecule has 0 saturated heterocycles. The summed E-state index contributed by atoms with van der Waals surface area (Å²) in [5.74, 6) is 13.3. The predicted octanol–water partition coefficient (Wildman–Crippen LogP) is 0.352. The fourth-order valence-electron chi connectivity index (χ4n) is 3.85. The van der Waals surface area contributed by atoms with Gasteiger partial charge in [-0.25, -0.2) is 22.4 Å². The molecule has 0 radical (unpaired) electrons. The van der Waals surface area contributed by atoms with Crippen molar-refractivity contribution in [1.82, 2.24) is 39.6 Å². The molecule has 0 aliphatic heterocycles. The van der Waals surface area contributed by atoms with E-state index in [9.17, 15) is 16.8 Å². The van der Waals surface area contributed by atoms with Crippen molar-refractivity contribution in [1.29, 1.82) is 0 Å². The van der Waals surface area contributed by atoms with Crippen molar-refractivity contribution in [3.63, 3.8) is 0 Å². The quantitative estimate of drug-likeness (QED) is 0.270. The number of rotatable bonds is 5. The topological polar surface area (TPSA) is 181 Å². The van der Waals surface area contributed by atoms with Gasteiger partial charge in [-0.15, -0.1) is 26.8 Å². The van der Waals surface area contributed by atoms with Crippen LogP contribution in [0.3, 0.4) is 0 Å². The Morgan fingerprint density at radius 1 is 0.833 bits per heavy atom. The molecule has 0 spiro atoms. The summed E-state index contributed by atoms with van der Waals surface area (Å²) >= 11 is 0. The van der Waals surface area contributed by atoms with Gasteiger partial charge in [0.25, 0.3) is 11.9 Å². The number of terminal acetylenes is 1. The SMILES string of the molecule is C#CC#CC#CC#CS(=O)(=O)Nc1nnc2c(C=c3c(C(C)(C)C)nn4c(NS(C)(=O)=O)nnc34)c(C(C)(C)C)[nH]n12. The molecule has 0 unspecified atom stereocenters. The summed E-state index contributed by atoms with van der Waals surface area (Å²) in [5.41, 5.74) is 1.58. The summed E-state index contributed by atoms with van der Waals surface area (Å²) in [6.07, 6.45) is 7.80. The van der Waals surface area contributed by atoms with Gasteiger partial charge in [0, 0.05) is 39.1 Å². The monoisotopic (exact) mass is 606 g/mol. The van der Waals surface area contributed by atoms with E-state index in [1.807, 2.05) is 46.8 Å². The number of aromatic nitrogens is 8. The molecular formula is C26H26N10O4S2. The molecule has 4 rings (SSSR count). The van der Waals surface area contributed by atoms with E-state index in [-0.39, 0.29) is 11.9 Å². The van der Waals surface area contributed by atoms with Crippen molar-refractivity contribution in [2.75, 3.05) is 15.7 Å². The number of H-pyrrole nitrogens is 1. The van der Waals surface area contributed by atoms with Crippen LogP contribution in [0, 0.1) is 47.2 Å². The summed E-state index contributed by atoms with van der Waals surface area (Å²) in [6.45, 7) is 11.8. The van der Waals surface area contributed by atoms with Crippen molar-refractivity contribution in [3.05, 3.63) is 22.2 Å². The van der Waals surface area contributed by atoms with Crippen LogP contribution in [0.2, 0.25) is 0 Å². The summed E-state index contributed by atoms with van der Waals surface area (Å²) in [5, 5.41) is 26.8. The van der Waals surface area contributed by atoms with E-state index in [0.29, 0.717) is 33.5 Å². The zero-order valence-electron chi connectivity index (χ0n) is 23.7. The van der Waals surface area contributed by atoms with Crippen LogP contribution < -0.4 is 14.7 Å². The molecule has 0 aliphatic rings.